The highest BCUT2D eigenvalue weighted by molar-refractivity contribution is 6.32. The third-order valence-corrected chi connectivity index (χ3v) is 6.22. The van der Waals surface area contributed by atoms with Crippen LogP contribution in [-0.2, 0) is 17.4 Å². The first-order valence-electron chi connectivity index (χ1n) is 11.4. The van der Waals surface area contributed by atoms with Crippen LogP contribution in [0.25, 0.3) is 5.69 Å². The van der Waals surface area contributed by atoms with E-state index >= 15 is 0 Å². The molecule has 1 amide bonds. The predicted octanol–water partition coefficient (Wildman–Crippen LogP) is 4.70. The molecule has 1 aliphatic heterocycles. The van der Waals surface area contributed by atoms with Crippen LogP contribution in [0, 0.1) is 0 Å². The highest BCUT2D eigenvalue weighted by atomic mass is 35.5. The fourth-order valence-corrected chi connectivity index (χ4v) is 4.22. The molecule has 1 saturated heterocycles. The molecule has 1 fully saturated rings. The predicted molar refractivity (Wildman–Crippen MR) is 127 cm³/mol. The van der Waals surface area contributed by atoms with Crippen LogP contribution in [-0.4, -0.2) is 64.8 Å². The lowest BCUT2D eigenvalue weighted by Gasteiger charge is -2.34. The van der Waals surface area contributed by atoms with Crippen LogP contribution >= 0.6 is 11.6 Å². The molecule has 0 saturated carbocycles. The fourth-order valence-electron chi connectivity index (χ4n) is 4.00. The molecule has 35 heavy (non-hydrogen) atoms. The Morgan fingerprint density at radius 3 is 2.37 bits per heavy atom. The minimum absolute atomic E-state index is 0.196. The fraction of sp³-hybridized carbons (Fsp3) is 0.360. The third-order valence-electron chi connectivity index (χ3n) is 5.90. The lowest BCUT2D eigenvalue weighted by molar-refractivity contribution is -0.141. The summed E-state index contributed by atoms with van der Waals surface area (Å²) >= 11 is 6.15. The number of alkyl halides is 3. The van der Waals surface area contributed by atoms with Gasteiger partial charge in [0.2, 0.25) is 5.88 Å². The van der Waals surface area contributed by atoms with Gasteiger partial charge in [-0.15, -0.1) is 0 Å². The van der Waals surface area contributed by atoms with E-state index in [0.717, 1.165) is 43.2 Å². The average molecular weight is 507 g/mol. The molecule has 1 aromatic heterocycles. The van der Waals surface area contributed by atoms with Gasteiger partial charge in [-0.25, -0.2) is 0 Å². The Morgan fingerprint density at radius 2 is 1.69 bits per heavy atom. The molecule has 0 radical (unpaired) electrons. The monoisotopic (exact) mass is 506 g/mol. The molecule has 0 unspecified atom stereocenters. The zero-order valence-corrected chi connectivity index (χ0v) is 19.8. The van der Waals surface area contributed by atoms with Gasteiger partial charge in [-0.05, 0) is 37.1 Å². The number of hydrogen-bond donors (Lipinski definition) is 0. The maximum absolute atomic E-state index is 13.3. The molecule has 4 rings (SSSR count). The Morgan fingerprint density at radius 1 is 1.00 bits per heavy atom. The van der Waals surface area contributed by atoms with Gasteiger partial charge in [-0.1, -0.05) is 54.1 Å². The molecule has 2 heterocycles. The molecule has 186 valence electrons. The van der Waals surface area contributed by atoms with E-state index in [0.29, 0.717) is 13.1 Å². The van der Waals surface area contributed by atoms with Crippen molar-refractivity contribution < 1.29 is 22.7 Å². The molecular weight excluding hydrogens is 481 g/mol. The summed E-state index contributed by atoms with van der Waals surface area (Å²) in [6, 6.07) is 17.4. The Kier molecular flexibility index (Phi) is 7.97. The molecule has 0 N–H and O–H groups in total. The first-order chi connectivity index (χ1) is 16.8. The van der Waals surface area contributed by atoms with Crippen LogP contribution in [0.15, 0.2) is 60.7 Å². The second kappa shape index (κ2) is 11.1. The Labute approximate surface area is 206 Å². The van der Waals surface area contributed by atoms with E-state index in [1.807, 2.05) is 18.2 Å². The summed E-state index contributed by atoms with van der Waals surface area (Å²) in [7, 11) is 0. The van der Waals surface area contributed by atoms with E-state index in [1.165, 1.54) is 11.6 Å². The summed E-state index contributed by atoms with van der Waals surface area (Å²) in [4.78, 5) is 16.7. The van der Waals surface area contributed by atoms with Gasteiger partial charge in [-0.3, -0.25) is 9.69 Å². The van der Waals surface area contributed by atoms with Gasteiger partial charge < -0.3 is 9.64 Å². The van der Waals surface area contributed by atoms with Gasteiger partial charge >= 0.3 is 6.18 Å². The molecule has 10 heteroatoms. The van der Waals surface area contributed by atoms with Gasteiger partial charge in [0.1, 0.15) is 0 Å². The number of carbonyl (C=O) groups excluding carboxylic acids is 1. The molecule has 3 aromatic rings. The smallest absolute Gasteiger partial charge is 0.435 e. The number of nitrogens with zero attached hydrogens (tertiary/aromatic N) is 4. The molecule has 0 bridgehead atoms. The third kappa shape index (κ3) is 6.55. The van der Waals surface area contributed by atoms with Crippen LogP contribution in [0.1, 0.15) is 17.7 Å². The number of para-hydroxylation sites is 1. The van der Waals surface area contributed by atoms with Gasteiger partial charge in [0.25, 0.3) is 5.91 Å². The molecule has 6 nitrogen and oxygen atoms in total. The van der Waals surface area contributed by atoms with Crippen LogP contribution in [0.3, 0.4) is 0 Å². The molecule has 0 atom stereocenters. The van der Waals surface area contributed by atoms with Gasteiger partial charge in [0, 0.05) is 32.2 Å². The largest absolute Gasteiger partial charge is 0.467 e. The number of benzene rings is 2. The minimum atomic E-state index is -4.66. The maximum atomic E-state index is 13.3. The lowest BCUT2D eigenvalue weighted by atomic mass is 10.1. The van der Waals surface area contributed by atoms with Crippen LogP contribution < -0.4 is 4.74 Å². The number of aryl methyl sites for hydroxylation is 1. The Balaban J connectivity index is 1.31. The van der Waals surface area contributed by atoms with Crippen molar-refractivity contribution >= 4 is 17.5 Å². The number of rotatable bonds is 8. The summed E-state index contributed by atoms with van der Waals surface area (Å²) in [6.07, 6.45) is -2.62. The van der Waals surface area contributed by atoms with Crippen molar-refractivity contribution in [3.05, 3.63) is 76.9 Å². The molecule has 1 aliphatic rings. The van der Waals surface area contributed by atoms with Crippen molar-refractivity contribution in [1.29, 1.82) is 0 Å². The summed E-state index contributed by atoms with van der Waals surface area (Å²) in [5, 5.41) is 3.83. The Hall–Kier alpha value is -3.04. The SMILES string of the molecule is O=C(COc1cc(C(F)(F)F)nn1-c1ccccc1Cl)N1CCN(CCCc2ccccc2)CC1. The van der Waals surface area contributed by atoms with Crippen LogP contribution in [0.4, 0.5) is 13.2 Å². The molecule has 0 aliphatic carbocycles. The lowest BCUT2D eigenvalue weighted by Crippen LogP contribution is -2.50. The van der Waals surface area contributed by atoms with E-state index in [9.17, 15) is 18.0 Å². The highest BCUT2D eigenvalue weighted by Crippen LogP contribution is 2.33. The van der Waals surface area contributed by atoms with Crippen molar-refractivity contribution in [3.8, 4) is 11.6 Å². The number of amides is 1. The van der Waals surface area contributed by atoms with Gasteiger partial charge in [0.05, 0.1) is 10.7 Å². The second-order valence-corrected chi connectivity index (χ2v) is 8.74. The van der Waals surface area contributed by atoms with Crippen LogP contribution in [0.5, 0.6) is 5.88 Å². The van der Waals surface area contributed by atoms with E-state index in [-0.39, 0.29) is 29.1 Å². The number of aromatic nitrogens is 2. The summed E-state index contributed by atoms with van der Waals surface area (Å²) in [5.74, 6) is -0.479. The van der Waals surface area contributed by atoms with Crippen molar-refractivity contribution in [2.75, 3.05) is 39.3 Å². The normalized spacial score (nSPS) is 14.8. The number of halogens is 4. The zero-order valence-electron chi connectivity index (χ0n) is 19.0. The van der Waals surface area contributed by atoms with Gasteiger partial charge in [-0.2, -0.15) is 23.0 Å². The standard InChI is InChI=1S/C25H26ClF3N4O2/c26-20-10-4-5-11-21(20)33-24(17-22(30-33)25(27,28)29)35-18-23(34)32-15-13-31(14-16-32)12-6-9-19-7-2-1-3-8-19/h1-5,7-8,10-11,17H,6,9,12-16,18H2. The summed E-state index contributed by atoms with van der Waals surface area (Å²) in [5.41, 5.74) is 0.420. The van der Waals surface area contributed by atoms with Crippen LogP contribution in [0.2, 0.25) is 5.02 Å². The number of ether oxygens (including phenoxy) is 1. The van der Waals surface area contributed by atoms with E-state index in [4.69, 9.17) is 16.3 Å². The second-order valence-electron chi connectivity index (χ2n) is 8.33. The zero-order chi connectivity index (χ0) is 24.8. The number of carbonyl (C=O) groups is 1. The minimum Gasteiger partial charge on any atom is -0.467 e. The number of piperazine rings is 1. The first kappa shape index (κ1) is 25.1. The summed E-state index contributed by atoms with van der Waals surface area (Å²) in [6.45, 7) is 3.15. The maximum Gasteiger partial charge on any atom is 0.435 e. The quantitative estimate of drug-likeness (QED) is 0.444. The Bertz CT molecular complexity index is 1130. The summed E-state index contributed by atoms with van der Waals surface area (Å²) < 4.78 is 46.3. The number of hydrogen-bond acceptors (Lipinski definition) is 4. The van der Waals surface area contributed by atoms with Gasteiger partial charge in [0.15, 0.2) is 12.3 Å². The molecule has 2 aromatic carbocycles. The van der Waals surface area contributed by atoms with Crippen molar-refractivity contribution in [3.63, 3.8) is 0 Å². The van der Waals surface area contributed by atoms with E-state index < -0.39 is 11.9 Å². The van der Waals surface area contributed by atoms with Crippen molar-refractivity contribution in [1.82, 2.24) is 19.6 Å². The first-order valence-corrected chi connectivity index (χ1v) is 11.8. The highest BCUT2D eigenvalue weighted by Gasteiger charge is 2.36. The van der Waals surface area contributed by atoms with Crippen molar-refractivity contribution in [2.24, 2.45) is 0 Å². The molecular formula is C25H26ClF3N4O2. The van der Waals surface area contributed by atoms with E-state index in [1.54, 1.807) is 23.1 Å². The average Bonchev–Trinajstić information content (AvgIpc) is 3.29. The van der Waals surface area contributed by atoms with E-state index in [2.05, 4.69) is 22.1 Å². The molecule has 0 spiro atoms. The topological polar surface area (TPSA) is 50.6 Å². The van der Waals surface area contributed by atoms with Crippen molar-refractivity contribution in [2.45, 2.75) is 19.0 Å².